The summed E-state index contributed by atoms with van der Waals surface area (Å²) in [5, 5.41) is 5.71. The molecule has 0 aliphatic heterocycles. The average molecular weight is 384 g/mol. The van der Waals surface area contributed by atoms with Crippen LogP contribution < -0.4 is 10.7 Å². The van der Waals surface area contributed by atoms with E-state index in [1.807, 2.05) is 29.6 Å². The second kappa shape index (κ2) is 7.33. The molecule has 0 bridgehead atoms. The molecule has 0 fully saturated rings. The molecule has 0 radical (unpaired) electrons. The zero-order valence-corrected chi connectivity index (χ0v) is 16.3. The van der Waals surface area contributed by atoms with E-state index in [9.17, 15) is 9.59 Å². The van der Waals surface area contributed by atoms with Crippen molar-refractivity contribution < 1.29 is 4.79 Å². The quantitative estimate of drug-likeness (QED) is 0.705. The summed E-state index contributed by atoms with van der Waals surface area (Å²) in [5.41, 5.74) is 1.78. The van der Waals surface area contributed by atoms with Gasteiger partial charge < -0.3 is 5.32 Å². The van der Waals surface area contributed by atoms with Crippen LogP contribution in [-0.4, -0.2) is 5.91 Å². The van der Waals surface area contributed by atoms with Gasteiger partial charge in [-0.3, -0.25) is 9.59 Å². The maximum Gasteiger partial charge on any atom is 0.251 e. The molecule has 2 aromatic heterocycles. The largest absolute Gasteiger partial charge is 0.347 e. The first-order chi connectivity index (χ1) is 12.7. The van der Waals surface area contributed by atoms with Crippen molar-refractivity contribution in [2.24, 2.45) is 5.92 Å². The Bertz CT molecular complexity index is 1000. The van der Waals surface area contributed by atoms with E-state index in [-0.39, 0.29) is 11.3 Å². The van der Waals surface area contributed by atoms with Crippen molar-refractivity contribution in [2.45, 2.75) is 39.2 Å². The highest BCUT2D eigenvalue weighted by Gasteiger charge is 2.22. The van der Waals surface area contributed by atoms with E-state index in [0.29, 0.717) is 18.0 Å². The monoisotopic (exact) mass is 383 g/mol. The molecule has 0 saturated heterocycles. The number of rotatable bonds is 4. The summed E-state index contributed by atoms with van der Waals surface area (Å²) in [4.78, 5) is 27.7. The van der Waals surface area contributed by atoms with Gasteiger partial charge in [0.1, 0.15) is 0 Å². The third-order valence-corrected chi connectivity index (χ3v) is 7.28. The molecule has 1 unspecified atom stereocenters. The van der Waals surface area contributed by atoms with Crippen molar-refractivity contribution >= 4 is 38.7 Å². The number of thiophene rings is 1. The van der Waals surface area contributed by atoms with Crippen molar-refractivity contribution in [3.8, 4) is 0 Å². The van der Waals surface area contributed by atoms with Crippen LogP contribution in [0.15, 0.2) is 40.5 Å². The van der Waals surface area contributed by atoms with Gasteiger partial charge in [0.2, 0.25) is 0 Å². The van der Waals surface area contributed by atoms with E-state index in [4.69, 9.17) is 0 Å². The molecule has 1 N–H and O–H groups in total. The number of hydrogen-bond acceptors (Lipinski definition) is 4. The number of carbonyl (C=O) groups is 1. The Hall–Kier alpha value is -1.98. The van der Waals surface area contributed by atoms with Crippen LogP contribution >= 0.6 is 22.7 Å². The number of fused-ring (bicyclic) bond motifs is 2. The maximum absolute atomic E-state index is 12.8. The summed E-state index contributed by atoms with van der Waals surface area (Å²) in [7, 11) is 0. The Morgan fingerprint density at radius 3 is 2.96 bits per heavy atom. The van der Waals surface area contributed by atoms with Crippen molar-refractivity contribution in [3.05, 3.63) is 66.8 Å². The minimum atomic E-state index is -0.0934. The third kappa shape index (κ3) is 3.33. The molecule has 134 valence electrons. The minimum absolute atomic E-state index is 0.0934. The van der Waals surface area contributed by atoms with E-state index < -0.39 is 0 Å². The molecule has 2 heterocycles. The van der Waals surface area contributed by atoms with E-state index in [2.05, 4.69) is 12.2 Å². The van der Waals surface area contributed by atoms with Gasteiger partial charge in [-0.25, -0.2) is 0 Å². The first-order valence-electron chi connectivity index (χ1n) is 9.05. The Balaban J connectivity index is 1.64. The molecule has 5 heteroatoms. The molecule has 3 nitrogen and oxygen atoms in total. The molecule has 3 aromatic rings. The van der Waals surface area contributed by atoms with Gasteiger partial charge in [-0.05, 0) is 54.8 Å². The fourth-order valence-corrected chi connectivity index (χ4v) is 5.58. The van der Waals surface area contributed by atoms with Crippen LogP contribution in [0.3, 0.4) is 0 Å². The highest BCUT2D eigenvalue weighted by molar-refractivity contribution is 7.18. The number of hydrogen-bond donors (Lipinski definition) is 1. The predicted molar refractivity (Wildman–Crippen MR) is 109 cm³/mol. The lowest BCUT2D eigenvalue weighted by Gasteiger charge is -2.22. The first kappa shape index (κ1) is 17.4. The normalized spacial score (nSPS) is 16.4. The highest BCUT2D eigenvalue weighted by atomic mass is 32.1. The van der Waals surface area contributed by atoms with Gasteiger partial charge in [-0.1, -0.05) is 19.4 Å². The van der Waals surface area contributed by atoms with Gasteiger partial charge in [-0.15, -0.1) is 22.7 Å². The van der Waals surface area contributed by atoms with Crippen molar-refractivity contribution in [1.82, 2.24) is 5.32 Å². The topological polar surface area (TPSA) is 46.2 Å². The van der Waals surface area contributed by atoms with Crippen molar-refractivity contribution in [3.63, 3.8) is 0 Å². The standard InChI is InChI=1S/C21H21NO2S2/c1-2-13-5-7-16-18(10-13)26-19-11-14(6-8-17(19)20(16)23)21(24)22-12-15-4-3-9-25-15/h3-4,6,8-9,11,13H,2,5,7,10,12H2,1H3,(H,22,24). The van der Waals surface area contributed by atoms with Gasteiger partial charge in [0.15, 0.2) is 5.43 Å². The SMILES string of the molecule is CCC1CCc2c(sc3cc(C(=O)NCc4cccs4)ccc3c2=O)C1. The lowest BCUT2D eigenvalue weighted by Crippen LogP contribution is -2.23. The van der Waals surface area contributed by atoms with Gasteiger partial charge in [0.05, 0.1) is 6.54 Å². The molecular weight excluding hydrogens is 362 g/mol. The van der Waals surface area contributed by atoms with Crippen LogP contribution in [0.4, 0.5) is 0 Å². The summed E-state index contributed by atoms with van der Waals surface area (Å²) in [6, 6.07) is 9.45. The molecular formula is C21H21NO2S2. The second-order valence-electron chi connectivity index (χ2n) is 6.82. The van der Waals surface area contributed by atoms with E-state index >= 15 is 0 Å². The van der Waals surface area contributed by atoms with Gasteiger partial charge in [0.25, 0.3) is 5.91 Å². The third-order valence-electron chi connectivity index (χ3n) is 5.19. The summed E-state index contributed by atoms with van der Waals surface area (Å²) < 4.78 is 0.925. The fourth-order valence-electron chi connectivity index (χ4n) is 3.58. The maximum atomic E-state index is 12.8. The molecule has 4 rings (SSSR count). The Morgan fingerprint density at radius 2 is 2.19 bits per heavy atom. The molecule has 0 spiro atoms. The van der Waals surface area contributed by atoms with Crippen LogP contribution in [0, 0.1) is 5.92 Å². The van der Waals surface area contributed by atoms with Crippen LogP contribution in [0.25, 0.3) is 10.1 Å². The zero-order chi connectivity index (χ0) is 18.1. The minimum Gasteiger partial charge on any atom is -0.347 e. The fraction of sp³-hybridized carbons (Fsp3) is 0.333. The van der Waals surface area contributed by atoms with Crippen LogP contribution in [0.5, 0.6) is 0 Å². The summed E-state index contributed by atoms with van der Waals surface area (Å²) in [5.74, 6) is 0.581. The molecule has 1 aliphatic carbocycles. The smallest absolute Gasteiger partial charge is 0.251 e. The predicted octanol–water partition coefficient (Wildman–Crippen LogP) is 4.77. The number of nitrogens with one attached hydrogen (secondary N) is 1. The number of benzene rings is 1. The van der Waals surface area contributed by atoms with E-state index in [0.717, 1.165) is 46.2 Å². The lowest BCUT2D eigenvalue weighted by molar-refractivity contribution is 0.0951. The molecule has 26 heavy (non-hydrogen) atoms. The molecule has 1 aliphatic rings. The molecule has 1 aromatic carbocycles. The number of carbonyl (C=O) groups excluding carboxylic acids is 1. The first-order valence-corrected chi connectivity index (χ1v) is 10.7. The van der Waals surface area contributed by atoms with Crippen molar-refractivity contribution in [2.75, 3.05) is 0 Å². The van der Waals surface area contributed by atoms with Gasteiger partial charge >= 0.3 is 0 Å². The van der Waals surface area contributed by atoms with Crippen molar-refractivity contribution in [1.29, 1.82) is 0 Å². The van der Waals surface area contributed by atoms with Crippen LogP contribution in [-0.2, 0) is 19.4 Å². The van der Waals surface area contributed by atoms with Gasteiger partial charge in [0, 0.05) is 31.0 Å². The summed E-state index contributed by atoms with van der Waals surface area (Å²) >= 11 is 3.32. The molecule has 0 saturated carbocycles. The average Bonchev–Trinajstić information content (AvgIpc) is 3.19. The lowest BCUT2D eigenvalue weighted by atomic mass is 9.86. The highest BCUT2D eigenvalue weighted by Crippen LogP contribution is 2.32. The molecule has 1 amide bonds. The number of amides is 1. The Morgan fingerprint density at radius 1 is 1.31 bits per heavy atom. The Labute approximate surface area is 160 Å². The summed E-state index contributed by atoms with van der Waals surface area (Å²) in [6.45, 7) is 2.75. The van der Waals surface area contributed by atoms with E-state index in [1.165, 1.54) is 4.88 Å². The summed E-state index contributed by atoms with van der Waals surface area (Å²) in [6.07, 6.45) is 4.16. The Kier molecular flexibility index (Phi) is 4.92. The van der Waals surface area contributed by atoms with Gasteiger partial charge in [-0.2, -0.15) is 0 Å². The second-order valence-corrected chi connectivity index (χ2v) is 8.99. The van der Waals surface area contributed by atoms with Crippen LogP contribution in [0.2, 0.25) is 0 Å². The zero-order valence-electron chi connectivity index (χ0n) is 14.7. The van der Waals surface area contributed by atoms with E-state index in [1.54, 1.807) is 28.7 Å². The van der Waals surface area contributed by atoms with Crippen LogP contribution in [0.1, 0.15) is 45.4 Å². The molecule has 1 atom stereocenters.